The van der Waals surface area contributed by atoms with Crippen molar-refractivity contribution < 1.29 is 15.0 Å². The first-order valence-electron chi connectivity index (χ1n) is 27.0. The maximum absolute atomic E-state index is 12.4. The monoisotopic (exact) mass is 830 g/mol. The fourth-order valence-corrected chi connectivity index (χ4v) is 8.57. The van der Waals surface area contributed by atoms with E-state index in [1.807, 2.05) is 0 Å². The van der Waals surface area contributed by atoms with Crippen LogP contribution < -0.4 is 5.32 Å². The fourth-order valence-electron chi connectivity index (χ4n) is 8.57. The molecule has 1 amide bonds. The maximum atomic E-state index is 12.4. The van der Waals surface area contributed by atoms with Crippen LogP contribution in [0.2, 0.25) is 0 Å². The minimum Gasteiger partial charge on any atom is -0.394 e. The predicted molar refractivity (Wildman–Crippen MR) is 262 cm³/mol. The van der Waals surface area contributed by atoms with Gasteiger partial charge in [-0.2, -0.15) is 0 Å². The van der Waals surface area contributed by atoms with Gasteiger partial charge in [-0.1, -0.05) is 276 Å². The summed E-state index contributed by atoms with van der Waals surface area (Å²) in [4.78, 5) is 12.4. The van der Waals surface area contributed by atoms with Gasteiger partial charge < -0.3 is 15.5 Å². The molecule has 0 aliphatic heterocycles. The van der Waals surface area contributed by atoms with E-state index >= 15 is 0 Å². The van der Waals surface area contributed by atoms with Crippen LogP contribution in [0, 0.1) is 0 Å². The summed E-state index contributed by atoms with van der Waals surface area (Å²) in [5, 5.41) is 23.2. The van der Waals surface area contributed by atoms with Crippen LogP contribution in [0.5, 0.6) is 0 Å². The summed E-state index contributed by atoms with van der Waals surface area (Å²) >= 11 is 0. The Morgan fingerprint density at radius 2 is 0.695 bits per heavy atom. The van der Waals surface area contributed by atoms with E-state index in [0.29, 0.717) is 12.8 Å². The number of aliphatic hydroxyl groups excluding tert-OH is 2. The van der Waals surface area contributed by atoms with Gasteiger partial charge in [-0.15, -0.1) is 0 Å². The minimum absolute atomic E-state index is 0.0266. The number of unbranched alkanes of at least 4 members (excludes halogenated alkanes) is 39. The summed E-state index contributed by atoms with van der Waals surface area (Å²) in [6, 6.07) is -0.532. The molecule has 0 fully saturated rings. The molecule has 0 spiro atoms. The highest BCUT2D eigenvalue weighted by Crippen LogP contribution is 2.17. The van der Waals surface area contributed by atoms with Crippen LogP contribution in [0.1, 0.15) is 303 Å². The van der Waals surface area contributed by atoms with Crippen molar-refractivity contribution in [1.82, 2.24) is 5.32 Å². The van der Waals surface area contributed by atoms with Crippen molar-refractivity contribution >= 4 is 5.91 Å². The molecule has 0 aromatic heterocycles. The molecule has 4 heteroatoms. The van der Waals surface area contributed by atoms with Gasteiger partial charge in [-0.05, 0) is 44.9 Å². The molecular formula is C55H107NO3. The highest BCUT2D eigenvalue weighted by atomic mass is 16.3. The highest BCUT2D eigenvalue weighted by molar-refractivity contribution is 5.76. The Bertz CT molecular complexity index is 855. The number of hydrogen-bond acceptors (Lipinski definition) is 3. The summed E-state index contributed by atoms with van der Waals surface area (Å²) in [7, 11) is 0. The number of rotatable bonds is 50. The van der Waals surface area contributed by atoms with Crippen LogP contribution in [0.3, 0.4) is 0 Å². The highest BCUT2D eigenvalue weighted by Gasteiger charge is 2.20. The van der Waals surface area contributed by atoms with Gasteiger partial charge in [-0.25, -0.2) is 0 Å². The third kappa shape index (κ3) is 47.8. The molecule has 0 aromatic carbocycles. The third-order valence-corrected chi connectivity index (χ3v) is 12.7. The molecule has 0 aromatic rings. The van der Waals surface area contributed by atoms with E-state index < -0.39 is 12.1 Å². The van der Waals surface area contributed by atoms with Crippen molar-refractivity contribution in [1.29, 1.82) is 0 Å². The van der Waals surface area contributed by atoms with Crippen molar-refractivity contribution in [3.8, 4) is 0 Å². The first kappa shape index (κ1) is 57.9. The lowest BCUT2D eigenvalue weighted by Crippen LogP contribution is -2.45. The van der Waals surface area contributed by atoms with E-state index in [1.54, 1.807) is 0 Å². The Morgan fingerprint density at radius 1 is 0.407 bits per heavy atom. The molecule has 0 saturated carbocycles. The van der Waals surface area contributed by atoms with Crippen molar-refractivity contribution in [2.24, 2.45) is 0 Å². The predicted octanol–water partition coefficient (Wildman–Crippen LogP) is 17.5. The van der Waals surface area contributed by atoms with Crippen LogP contribution >= 0.6 is 0 Å². The van der Waals surface area contributed by atoms with Crippen molar-refractivity contribution in [3.63, 3.8) is 0 Å². The number of carbonyl (C=O) groups is 1. The zero-order valence-corrected chi connectivity index (χ0v) is 40.3. The van der Waals surface area contributed by atoms with Crippen molar-refractivity contribution in [2.75, 3.05) is 6.61 Å². The van der Waals surface area contributed by atoms with Crippen LogP contribution in [-0.4, -0.2) is 34.9 Å². The second-order valence-corrected chi connectivity index (χ2v) is 18.7. The molecule has 0 heterocycles. The fraction of sp³-hybridized carbons (Fsp3) is 0.909. The SMILES string of the molecule is CCCCCCC/C=C\C/C=C\CCCCCCCCCCCCCCCCCCCCCCCCCC(=O)NC(CO)C(O)CCCCCCCCCCCCCC. The van der Waals surface area contributed by atoms with Crippen LogP contribution in [0.25, 0.3) is 0 Å². The first-order valence-corrected chi connectivity index (χ1v) is 27.0. The zero-order chi connectivity index (χ0) is 42.8. The molecule has 0 rings (SSSR count). The normalized spacial score (nSPS) is 12.9. The number of aliphatic hydroxyl groups is 2. The number of allylic oxidation sites excluding steroid dienone is 4. The average molecular weight is 830 g/mol. The van der Waals surface area contributed by atoms with Crippen molar-refractivity contribution in [3.05, 3.63) is 24.3 Å². The van der Waals surface area contributed by atoms with Gasteiger partial charge in [0.2, 0.25) is 5.91 Å². The zero-order valence-electron chi connectivity index (χ0n) is 40.3. The number of carbonyl (C=O) groups excluding carboxylic acids is 1. The molecular weight excluding hydrogens is 723 g/mol. The smallest absolute Gasteiger partial charge is 0.220 e. The molecule has 2 atom stereocenters. The largest absolute Gasteiger partial charge is 0.394 e. The van der Waals surface area contributed by atoms with Gasteiger partial charge in [0.15, 0.2) is 0 Å². The molecule has 2 unspecified atom stereocenters. The second kappa shape index (κ2) is 51.2. The lowest BCUT2D eigenvalue weighted by molar-refractivity contribution is -0.123. The summed E-state index contributed by atoms with van der Waals surface area (Å²) in [6.07, 6.45) is 67.4. The van der Waals surface area contributed by atoms with Crippen molar-refractivity contribution in [2.45, 2.75) is 315 Å². The molecule has 0 aliphatic carbocycles. The van der Waals surface area contributed by atoms with Crippen LogP contribution in [-0.2, 0) is 4.79 Å². The molecule has 0 saturated heterocycles. The number of hydrogen-bond donors (Lipinski definition) is 3. The molecule has 0 radical (unpaired) electrons. The van der Waals surface area contributed by atoms with Gasteiger partial charge >= 0.3 is 0 Å². The lowest BCUT2D eigenvalue weighted by atomic mass is 10.0. The van der Waals surface area contributed by atoms with E-state index in [9.17, 15) is 15.0 Å². The summed E-state index contributed by atoms with van der Waals surface area (Å²) in [5.74, 6) is -0.0266. The molecule has 0 bridgehead atoms. The van der Waals surface area contributed by atoms with E-state index in [1.165, 1.54) is 244 Å². The average Bonchev–Trinajstić information content (AvgIpc) is 3.24. The van der Waals surface area contributed by atoms with E-state index in [0.717, 1.165) is 32.1 Å². The summed E-state index contributed by atoms with van der Waals surface area (Å²) < 4.78 is 0. The third-order valence-electron chi connectivity index (χ3n) is 12.7. The van der Waals surface area contributed by atoms with Gasteiger partial charge in [-0.3, -0.25) is 4.79 Å². The Morgan fingerprint density at radius 3 is 1.02 bits per heavy atom. The molecule has 3 N–H and O–H groups in total. The Labute approximate surface area is 370 Å². The maximum Gasteiger partial charge on any atom is 0.220 e. The van der Waals surface area contributed by atoms with Gasteiger partial charge in [0.25, 0.3) is 0 Å². The molecule has 59 heavy (non-hydrogen) atoms. The summed E-state index contributed by atoms with van der Waals surface area (Å²) in [6.45, 7) is 4.36. The Kier molecular flexibility index (Phi) is 50.2. The van der Waals surface area contributed by atoms with E-state index in [2.05, 4.69) is 43.5 Å². The Balaban J connectivity index is 3.36. The van der Waals surface area contributed by atoms with E-state index in [-0.39, 0.29) is 12.5 Å². The van der Waals surface area contributed by atoms with E-state index in [4.69, 9.17) is 0 Å². The Hall–Kier alpha value is -1.13. The van der Waals surface area contributed by atoms with Gasteiger partial charge in [0.1, 0.15) is 0 Å². The minimum atomic E-state index is -0.655. The molecule has 4 nitrogen and oxygen atoms in total. The first-order chi connectivity index (χ1) is 29.2. The quantitative estimate of drug-likeness (QED) is 0.0422. The standard InChI is InChI=1S/C55H107NO3/c1-3-5-7-9-11-13-15-17-18-19-20-21-22-23-24-25-26-27-28-29-30-31-32-33-34-35-36-37-38-39-41-43-45-47-49-51-55(59)56-53(52-57)54(58)50-48-46-44-42-40-16-14-12-10-8-6-4-2/h15,17,19-20,53-54,57-58H,3-14,16,18,21-52H2,1-2H3,(H,56,59)/b17-15-,20-19-. The summed E-state index contributed by atoms with van der Waals surface area (Å²) in [5.41, 5.74) is 0. The van der Waals surface area contributed by atoms with Crippen LogP contribution in [0.15, 0.2) is 24.3 Å². The second-order valence-electron chi connectivity index (χ2n) is 18.7. The number of amides is 1. The van der Waals surface area contributed by atoms with Gasteiger partial charge in [0.05, 0.1) is 18.8 Å². The number of nitrogens with one attached hydrogen (secondary N) is 1. The molecule has 350 valence electrons. The van der Waals surface area contributed by atoms with Gasteiger partial charge in [0, 0.05) is 6.42 Å². The molecule has 0 aliphatic rings. The topological polar surface area (TPSA) is 69.6 Å². The van der Waals surface area contributed by atoms with Crippen LogP contribution in [0.4, 0.5) is 0 Å². The lowest BCUT2D eigenvalue weighted by Gasteiger charge is -2.22.